The second-order valence-corrected chi connectivity index (χ2v) is 4.04. The van der Waals surface area contributed by atoms with E-state index in [-0.39, 0.29) is 18.2 Å². The molecule has 8 N–H and O–H groups in total. The maximum Gasteiger partial charge on any atom is 0.217 e. The van der Waals surface area contributed by atoms with E-state index in [1.807, 2.05) is 0 Å². The van der Waals surface area contributed by atoms with E-state index in [1.165, 1.54) is 44.9 Å². The van der Waals surface area contributed by atoms with E-state index < -0.39 is 0 Å². The SMILES string of the molecule is CCCCCCCCCCCC(N)=O.N.N. The number of hydrogen-bond donors (Lipinski definition) is 3. The highest BCUT2D eigenvalue weighted by molar-refractivity contribution is 5.73. The molecule has 4 heteroatoms. The number of unbranched alkanes of at least 4 members (excludes halogenated alkanes) is 8. The molecule has 0 aliphatic rings. The zero-order valence-corrected chi connectivity index (χ0v) is 11.0. The number of nitrogens with two attached hydrogens (primary N) is 1. The first kappa shape index (κ1) is 20.8. The lowest BCUT2D eigenvalue weighted by Crippen LogP contribution is -2.09. The number of amides is 1. The molecular formula is C12H31N3O. The van der Waals surface area contributed by atoms with Crippen LogP contribution in [0.2, 0.25) is 0 Å². The first-order chi connectivity index (χ1) is 6.77. The molecule has 0 saturated carbocycles. The third-order valence-corrected chi connectivity index (χ3v) is 2.53. The summed E-state index contributed by atoms with van der Waals surface area (Å²) in [6, 6.07) is 0. The molecule has 0 radical (unpaired) electrons. The molecule has 0 aliphatic carbocycles. The summed E-state index contributed by atoms with van der Waals surface area (Å²) in [5.74, 6) is -0.159. The monoisotopic (exact) mass is 233 g/mol. The Labute approximate surface area is 101 Å². The van der Waals surface area contributed by atoms with Crippen molar-refractivity contribution in [3.05, 3.63) is 0 Å². The van der Waals surface area contributed by atoms with Gasteiger partial charge in [-0.3, -0.25) is 4.79 Å². The molecule has 4 nitrogen and oxygen atoms in total. The van der Waals surface area contributed by atoms with Crippen molar-refractivity contribution in [3.8, 4) is 0 Å². The smallest absolute Gasteiger partial charge is 0.217 e. The Balaban J connectivity index is -0.000000845. The van der Waals surface area contributed by atoms with Gasteiger partial charge in [-0.1, -0.05) is 58.3 Å². The summed E-state index contributed by atoms with van der Waals surface area (Å²) < 4.78 is 0. The molecule has 100 valence electrons. The molecule has 0 rings (SSSR count). The molecule has 0 aromatic heterocycles. The van der Waals surface area contributed by atoms with Crippen LogP contribution in [0.3, 0.4) is 0 Å². The highest BCUT2D eigenvalue weighted by Gasteiger charge is 1.94. The van der Waals surface area contributed by atoms with Crippen molar-refractivity contribution >= 4 is 5.91 Å². The van der Waals surface area contributed by atoms with Crippen molar-refractivity contribution in [3.63, 3.8) is 0 Å². The summed E-state index contributed by atoms with van der Waals surface area (Å²) in [5.41, 5.74) is 5.05. The Kier molecular flexibility index (Phi) is 21.8. The van der Waals surface area contributed by atoms with Crippen LogP contribution in [0, 0.1) is 0 Å². The van der Waals surface area contributed by atoms with E-state index in [0.717, 1.165) is 12.8 Å². The van der Waals surface area contributed by atoms with E-state index in [9.17, 15) is 4.79 Å². The minimum atomic E-state index is -0.159. The van der Waals surface area contributed by atoms with E-state index in [0.29, 0.717) is 6.42 Å². The summed E-state index contributed by atoms with van der Waals surface area (Å²) in [7, 11) is 0. The fourth-order valence-corrected chi connectivity index (χ4v) is 1.61. The maximum atomic E-state index is 10.4. The fraction of sp³-hybridized carbons (Fsp3) is 0.917. The van der Waals surface area contributed by atoms with Gasteiger partial charge in [0, 0.05) is 6.42 Å². The zero-order chi connectivity index (χ0) is 10.6. The van der Waals surface area contributed by atoms with E-state index in [4.69, 9.17) is 5.73 Å². The van der Waals surface area contributed by atoms with Crippen LogP contribution < -0.4 is 18.0 Å². The quantitative estimate of drug-likeness (QED) is 0.499. The third kappa shape index (κ3) is 19.0. The Hall–Kier alpha value is -0.610. The third-order valence-electron chi connectivity index (χ3n) is 2.53. The summed E-state index contributed by atoms with van der Waals surface area (Å²) in [4.78, 5) is 10.4. The second kappa shape index (κ2) is 16.8. The van der Waals surface area contributed by atoms with Crippen LogP contribution in [0.15, 0.2) is 0 Å². The molecule has 0 aromatic rings. The van der Waals surface area contributed by atoms with Crippen LogP contribution >= 0.6 is 0 Å². The standard InChI is InChI=1S/C12H25NO.2H3N/c1-2-3-4-5-6-7-8-9-10-11-12(13)14;;/h2-11H2,1H3,(H2,13,14);2*1H3. The van der Waals surface area contributed by atoms with E-state index in [2.05, 4.69) is 6.92 Å². The van der Waals surface area contributed by atoms with Gasteiger partial charge in [0.05, 0.1) is 0 Å². The summed E-state index contributed by atoms with van der Waals surface area (Å²) in [6.07, 6.45) is 12.1. The fourth-order valence-electron chi connectivity index (χ4n) is 1.61. The molecule has 0 heterocycles. The van der Waals surface area contributed by atoms with Gasteiger partial charge in [-0.05, 0) is 6.42 Å². The van der Waals surface area contributed by atoms with Gasteiger partial charge >= 0.3 is 0 Å². The van der Waals surface area contributed by atoms with Gasteiger partial charge in [-0.2, -0.15) is 0 Å². The van der Waals surface area contributed by atoms with Crippen molar-refractivity contribution in [1.82, 2.24) is 12.3 Å². The molecule has 0 spiro atoms. The molecule has 1 amide bonds. The lowest BCUT2D eigenvalue weighted by atomic mass is 10.1. The van der Waals surface area contributed by atoms with Gasteiger partial charge < -0.3 is 18.0 Å². The van der Waals surface area contributed by atoms with Crippen molar-refractivity contribution in [1.29, 1.82) is 0 Å². The van der Waals surface area contributed by atoms with Gasteiger partial charge in [0.25, 0.3) is 0 Å². The Morgan fingerprint density at radius 2 is 1.19 bits per heavy atom. The van der Waals surface area contributed by atoms with Gasteiger partial charge in [0.2, 0.25) is 5.91 Å². The molecule has 0 bridgehead atoms. The molecule has 0 aliphatic heterocycles. The number of carbonyl (C=O) groups is 1. The maximum absolute atomic E-state index is 10.4. The summed E-state index contributed by atoms with van der Waals surface area (Å²) in [6.45, 7) is 2.24. The van der Waals surface area contributed by atoms with Crippen LogP contribution in [0.5, 0.6) is 0 Å². The zero-order valence-electron chi connectivity index (χ0n) is 11.0. The van der Waals surface area contributed by atoms with Crippen molar-refractivity contribution in [2.45, 2.75) is 71.1 Å². The highest BCUT2D eigenvalue weighted by atomic mass is 16.1. The van der Waals surface area contributed by atoms with Crippen LogP contribution in [-0.2, 0) is 4.79 Å². The first-order valence-corrected chi connectivity index (χ1v) is 6.05. The number of primary amides is 1. The molecule has 0 saturated heterocycles. The van der Waals surface area contributed by atoms with Crippen molar-refractivity contribution < 1.29 is 4.79 Å². The number of carbonyl (C=O) groups excluding carboxylic acids is 1. The Morgan fingerprint density at radius 1 is 0.812 bits per heavy atom. The van der Waals surface area contributed by atoms with E-state index in [1.54, 1.807) is 0 Å². The number of hydrogen-bond acceptors (Lipinski definition) is 3. The number of rotatable bonds is 10. The average Bonchev–Trinajstić information content (AvgIpc) is 2.15. The van der Waals surface area contributed by atoms with Crippen molar-refractivity contribution in [2.24, 2.45) is 5.73 Å². The highest BCUT2D eigenvalue weighted by Crippen LogP contribution is 2.10. The normalized spacial score (nSPS) is 9.06. The van der Waals surface area contributed by atoms with Gasteiger partial charge in [-0.15, -0.1) is 0 Å². The van der Waals surface area contributed by atoms with Crippen LogP contribution in [0.25, 0.3) is 0 Å². The summed E-state index contributed by atoms with van der Waals surface area (Å²) >= 11 is 0. The second-order valence-electron chi connectivity index (χ2n) is 4.04. The minimum Gasteiger partial charge on any atom is -0.370 e. The van der Waals surface area contributed by atoms with Crippen LogP contribution in [0.4, 0.5) is 0 Å². The topological polar surface area (TPSA) is 113 Å². The largest absolute Gasteiger partial charge is 0.370 e. The predicted octanol–water partition coefficient (Wildman–Crippen LogP) is 3.72. The summed E-state index contributed by atoms with van der Waals surface area (Å²) in [5, 5.41) is 0. The predicted molar refractivity (Wildman–Crippen MR) is 71.1 cm³/mol. The Morgan fingerprint density at radius 3 is 1.56 bits per heavy atom. The molecule has 0 aromatic carbocycles. The molecule has 0 atom stereocenters. The van der Waals surface area contributed by atoms with Crippen molar-refractivity contribution in [2.75, 3.05) is 0 Å². The minimum absolute atomic E-state index is 0. The molecule has 16 heavy (non-hydrogen) atoms. The average molecular weight is 233 g/mol. The lowest BCUT2D eigenvalue weighted by molar-refractivity contribution is -0.118. The Bertz CT molecular complexity index is 140. The van der Waals surface area contributed by atoms with E-state index >= 15 is 0 Å². The lowest BCUT2D eigenvalue weighted by Gasteiger charge is -2.00. The van der Waals surface area contributed by atoms with Crippen LogP contribution in [0.1, 0.15) is 71.1 Å². The molecular weight excluding hydrogens is 202 g/mol. The molecule has 0 fully saturated rings. The first-order valence-electron chi connectivity index (χ1n) is 6.05. The van der Waals surface area contributed by atoms with Crippen LogP contribution in [-0.4, -0.2) is 5.91 Å². The van der Waals surface area contributed by atoms with Gasteiger partial charge in [-0.25, -0.2) is 0 Å². The van der Waals surface area contributed by atoms with Gasteiger partial charge in [0.15, 0.2) is 0 Å². The molecule has 0 unspecified atom stereocenters. The van der Waals surface area contributed by atoms with Gasteiger partial charge in [0.1, 0.15) is 0 Å².